The third-order valence-electron chi connectivity index (χ3n) is 2.90. The molecule has 2 rings (SSSR count). The van der Waals surface area contributed by atoms with Gasteiger partial charge in [0.05, 0.1) is 18.1 Å². The largest absolute Gasteiger partial charge is 0.437 e. The SMILES string of the molecule is Cc1cc(C)cc(Oc2cnc(CNC(C)(C)C)cn2)c1. The Morgan fingerprint density at radius 3 is 2.19 bits per heavy atom. The summed E-state index contributed by atoms with van der Waals surface area (Å²) in [6, 6.07) is 6.09. The van der Waals surface area contributed by atoms with Gasteiger partial charge < -0.3 is 10.1 Å². The summed E-state index contributed by atoms with van der Waals surface area (Å²) in [6.45, 7) is 11.2. The van der Waals surface area contributed by atoms with Gasteiger partial charge in [0.25, 0.3) is 0 Å². The standard InChI is InChI=1S/C17H23N3O/c1-12-6-13(2)8-15(7-12)21-16-11-18-14(9-19-16)10-20-17(3,4)5/h6-9,11,20H,10H2,1-5H3. The summed E-state index contributed by atoms with van der Waals surface area (Å²) in [5.74, 6) is 1.31. The first kappa shape index (κ1) is 15.4. The Labute approximate surface area is 126 Å². The maximum Gasteiger partial charge on any atom is 0.237 e. The fourth-order valence-corrected chi connectivity index (χ4v) is 1.96. The molecule has 0 saturated carbocycles. The second kappa shape index (κ2) is 6.22. The van der Waals surface area contributed by atoms with Crippen molar-refractivity contribution in [1.82, 2.24) is 15.3 Å². The summed E-state index contributed by atoms with van der Waals surface area (Å²) in [7, 11) is 0. The van der Waals surface area contributed by atoms with Crippen molar-refractivity contribution >= 4 is 0 Å². The van der Waals surface area contributed by atoms with E-state index in [1.807, 2.05) is 26.0 Å². The molecule has 21 heavy (non-hydrogen) atoms. The number of nitrogens with one attached hydrogen (secondary N) is 1. The lowest BCUT2D eigenvalue weighted by Gasteiger charge is -2.19. The minimum Gasteiger partial charge on any atom is -0.437 e. The first-order valence-electron chi connectivity index (χ1n) is 7.14. The second-order valence-corrected chi connectivity index (χ2v) is 6.38. The highest BCUT2D eigenvalue weighted by molar-refractivity contribution is 5.35. The van der Waals surface area contributed by atoms with Crippen LogP contribution in [0.1, 0.15) is 37.6 Å². The Kier molecular flexibility index (Phi) is 4.58. The number of ether oxygens (including phenoxy) is 1. The first-order chi connectivity index (χ1) is 9.82. The van der Waals surface area contributed by atoms with Crippen LogP contribution < -0.4 is 10.1 Å². The third-order valence-corrected chi connectivity index (χ3v) is 2.90. The van der Waals surface area contributed by atoms with Gasteiger partial charge in [0, 0.05) is 12.1 Å². The third kappa shape index (κ3) is 5.16. The van der Waals surface area contributed by atoms with Crippen LogP contribution in [0.3, 0.4) is 0 Å². The number of aromatic nitrogens is 2. The van der Waals surface area contributed by atoms with E-state index in [-0.39, 0.29) is 5.54 Å². The van der Waals surface area contributed by atoms with E-state index in [0.29, 0.717) is 12.4 Å². The van der Waals surface area contributed by atoms with Crippen molar-refractivity contribution in [3.05, 3.63) is 47.4 Å². The van der Waals surface area contributed by atoms with Gasteiger partial charge >= 0.3 is 0 Å². The molecule has 1 aromatic carbocycles. The zero-order valence-corrected chi connectivity index (χ0v) is 13.4. The predicted octanol–water partition coefficient (Wildman–Crippen LogP) is 3.77. The van der Waals surface area contributed by atoms with Crippen LogP contribution in [-0.4, -0.2) is 15.5 Å². The van der Waals surface area contributed by atoms with Crippen LogP contribution in [0.25, 0.3) is 0 Å². The average molecular weight is 285 g/mol. The van der Waals surface area contributed by atoms with Crippen molar-refractivity contribution in [2.24, 2.45) is 0 Å². The highest BCUT2D eigenvalue weighted by Crippen LogP contribution is 2.21. The van der Waals surface area contributed by atoms with Gasteiger partial charge in [-0.15, -0.1) is 0 Å². The number of benzene rings is 1. The van der Waals surface area contributed by atoms with Crippen LogP contribution in [0.5, 0.6) is 11.6 Å². The molecular weight excluding hydrogens is 262 g/mol. The van der Waals surface area contributed by atoms with Gasteiger partial charge in [-0.2, -0.15) is 0 Å². The summed E-state index contributed by atoms with van der Waals surface area (Å²) in [4.78, 5) is 8.68. The zero-order chi connectivity index (χ0) is 15.5. The Hall–Kier alpha value is -1.94. The van der Waals surface area contributed by atoms with E-state index in [0.717, 1.165) is 11.4 Å². The minimum absolute atomic E-state index is 0.0654. The molecular formula is C17H23N3O. The minimum atomic E-state index is 0.0654. The number of nitrogens with zero attached hydrogens (tertiary/aromatic N) is 2. The van der Waals surface area contributed by atoms with Crippen LogP contribution in [-0.2, 0) is 6.54 Å². The van der Waals surface area contributed by atoms with Crippen LogP contribution in [0.2, 0.25) is 0 Å². The summed E-state index contributed by atoms with van der Waals surface area (Å²) in [5, 5.41) is 3.38. The molecule has 4 heteroatoms. The van der Waals surface area contributed by atoms with Gasteiger partial charge in [0.1, 0.15) is 5.75 Å². The normalized spacial score (nSPS) is 11.5. The molecule has 1 heterocycles. The van der Waals surface area contributed by atoms with Gasteiger partial charge in [-0.3, -0.25) is 4.98 Å². The molecule has 0 unspecified atom stereocenters. The maximum absolute atomic E-state index is 5.75. The Morgan fingerprint density at radius 2 is 1.67 bits per heavy atom. The van der Waals surface area contributed by atoms with Gasteiger partial charge in [-0.25, -0.2) is 4.98 Å². The van der Waals surface area contributed by atoms with Crippen molar-refractivity contribution in [2.45, 2.75) is 46.7 Å². The topological polar surface area (TPSA) is 47.0 Å². The molecule has 0 fully saturated rings. The lowest BCUT2D eigenvalue weighted by atomic mass is 10.1. The van der Waals surface area contributed by atoms with Crippen molar-refractivity contribution in [3.8, 4) is 11.6 Å². The molecule has 0 atom stereocenters. The van der Waals surface area contributed by atoms with Gasteiger partial charge in [-0.1, -0.05) is 6.07 Å². The van der Waals surface area contributed by atoms with Crippen molar-refractivity contribution in [2.75, 3.05) is 0 Å². The van der Waals surface area contributed by atoms with Crippen molar-refractivity contribution < 1.29 is 4.74 Å². The fraction of sp³-hybridized carbons (Fsp3) is 0.412. The summed E-state index contributed by atoms with van der Waals surface area (Å²) in [6.07, 6.45) is 3.41. The molecule has 112 valence electrons. The Bertz CT molecular complexity index is 580. The van der Waals surface area contributed by atoms with Crippen molar-refractivity contribution in [1.29, 1.82) is 0 Å². The molecule has 0 aliphatic carbocycles. The van der Waals surface area contributed by atoms with Gasteiger partial charge in [-0.05, 0) is 57.9 Å². The van der Waals surface area contributed by atoms with E-state index in [9.17, 15) is 0 Å². The highest BCUT2D eigenvalue weighted by atomic mass is 16.5. The average Bonchev–Trinajstić information content (AvgIpc) is 2.36. The van der Waals surface area contributed by atoms with Crippen molar-refractivity contribution in [3.63, 3.8) is 0 Å². The summed E-state index contributed by atoms with van der Waals surface area (Å²) < 4.78 is 5.75. The molecule has 0 radical (unpaired) electrons. The van der Waals surface area contributed by atoms with Crippen LogP contribution >= 0.6 is 0 Å². The smallest absolute Gasteiger partial charge is 0.237 e. The van der Waals surface area contributed by atoms with E-state index >= 15 is 0 Å². The van der Waals surface area contributed by atoms with E-state index in [4.69, 9.17) is 4.74 Å². The zero-order valence-electron chi connectivity index (χ0n) is 13.4. The number of aryl methyl sites for hydroxylation is 2. The number of rotatable bonds is 4. The number of hydrogen-bond acceptors (Lipinski definition) is 4. The van der Waals surface area contributed by atoms with Gasteiger partial charge in [0.2, 0.25) is 5.88 Å². The molecule has 0 aliphatic rings. The lowest BCUT2D eigenvalue weighted by Crippen LogP contribution is -2.35. The summed E-state index contributed by atoms with van der Waals surface area (Å²) in [5.41, 5.74) is 3.31. The second-order valence-electron chi connectivity index (χ2n) is 6.38. The van der Waals surface area contributed by atoms with Crippen LogP contribution in [0.15, 0.2) is 30.6 Å². The Balaban J connectivity index is 2.02. The fourth-order valence-electron chi connectivity index (χ4n) is 1.96. The monoisotopic (exact) mass is 285 g/mol. The van der Waals surface area contributed by atoms with Crippen LogP contribution in [0, 0.1) is 13.8 Å². The maximum atomic E-state index is 5.75. The first-order valence-corrected chi connectivity index (χ1v) is 7.14. The van der Waals surface area contributed by atoms with E-state index in [1.54, 1.807) is 12.4 Å². The molecule has 0 amide bonds. The van der Waals surface area contributed by atoms with E-state index in [2.05, 4.69) is 42.1 Å². The molecule has 1 N–H and O–H groups in total. The highest BCUT2D eigenvalue weighted by Gasteiger charge is 2.09. The molecule has 0 aliphatic heterocycles. The van der Waals surface area contributed by atoms with Crippen LogP contribution in [0.4, 0.5) is 0 Å². The Morgan fingerprint density at radius 1 is 1.00 bits per heavy atom. The molecule has 2 aromatic rings. The molecule has 0 bridgehead atoms. The predicted molar refractivity (Wildman–Crippen MR) is 84.6 cm³/mol. The summed E-state index contributed by atoms with van der Waals surface area (Å²) >= 11 is 0. The molecule has 4 nitrogen and oxygen atoms in total. The molecule has 1 aromatic heterocycles. The van der Waals surface area contributed by atoms with Gasteiger partial charge in [0.15, 0.2) is 0 Å². The lowest BCUT2D eigenvalue weighted by molar-refractivity contribution is 0.418. The van der Waals surface area contributed by atoms with E-state index in [1.165, 1.54) is 11.1 Å². The number of hydrogen-bond donors (Lipinski definition) is 1. The quantitative estimate of drug-likeness (QED) is 0.928. The molecule has 0 saturated heterocycles. The molecule has 0 spiro atoms. The van der Waals surface area contributed by atoms with E-state index < -0.39 is 0 Å².